The van der Waals surface area contributed by atoms with Gasteiger partial charge in [0.1, 0.15) is 11.6 Å². The predicted octanol–water partition coefficient (Wildman–Crippen LogP) is 4.28. The van der Waals surface area contributed by atoms with E-state index in [9.17, 15) is 4.39 Å². The second-order valence-corrected chi connectivity index (χ2v) is 5.67. The van der Waals surface area contributed by atoms with Crippen LogP contribution in [0.5, 0.6) is 5.75 Å². The van der Waals surface area contributed by atoms with E-state index in [0.717, 1.165) is 17.9 Å². The number of ether oxygens (including phenoxy) is 1. The third kappa shape index (κ3) is 4.46. The highest BCUT2D eigenvalue weighted by Gasteiger charge is 2.00. The fourth-order valence-corrected chi connectivity index (χ4v) is 2.73. The average molecular weight is 291 g/mol. The lowest BCUT2D eigenvalue weighted by molar-refractivity contribution is 0.318. The van der Waals surface area contributed by atoms with Crippen molar-refractivity contribution in [3.63, 3.8) is 0 Å². The molecule has 2 N–H and O–H groups in total. The fourth-order valence-electron chi connectivity index (χ4n) is 1.80. The van der Waals surface area contributed by atoms with Crippen LogP contribution in [-0.2, 0) is 0 Å². The van der Waals surface area contributed by atoms with Crippen LogP contribution in [0, 0.1) is 12.7 Å². The lowest BCUT2D eigenvalue weighted by atomic mass is 10.2. The fraction of sp³-hybridized carbons (Fsp3) is 0.250. The van der Waals surface area contributed by atoms with Crippen molar-refractivity contribution in [2.75, 3.05) is 18.1 Å². The minimum atomic E-state index is -0.244. The van der Waals surface area contributed by atoms with Crippen LogP contribution in [0.15, 0.2) is 47.4 Å². The van der Waals surface area contributed by atoms with Gasteiger partial charge in [0.15, 0.2) is 0 Å². The van der Waals surface area contributed by atoms with E-state index in [2.05, 4.69) is 13.0 Å². The Morgan fingerprint density at radius 1 is 1.15 bits per heavy atom. The Morgan fingerprint density at radius 2 is 1.90 bits per heavy atom. The van der Waals surface area contributed by atoms with Gasteiger partial charge in [-0.1, -0.05) is 0 Å². The van der Waals surface area contributed by atoms with Gasteiger partial charge < -0.3 is 10.5 Å². The maximum Gasteiger partial charge on any atom is 0.123 e. The van der Waals surface area contributed by atoms with Crippen LogP contribution in [0.4, 0.5) is 10.1 Å². The Kier molecular flexibility index (Phi) is 5.30. The topological polar surface area (TPSA) is 35.2 Å². The van der Waals surface area contributed by atoms with Crippen LogP contribution in [0.25, 0.3) is 0 Å². The molecule has 0 saturated carbocycles. The molecular weight excluding hydrogens is 273 g/mol. The molecule has 0 fully saturated rings. The van der Waals surface area contributed by atoms with E-state index in [4.69, 9.17) is 10.5 Å². The summed E-state index contributed by atoms with van der Waals surface area (Å²) in [5, 5.41) is 0. The first-order valence-corrected chi connectivity index (χ1v) is 7.51. The summed E-state index contributed by atoms with van der Waals surface area (Å²) in [6.45, 7) is 2.69. The van der Waals surface area contributed by atoms with E-state index in [1.54, 1.807) is 23.9 Å². The standard InChI is InChI=1S/C16H18FNOS/c1-12-11-14(18)5-8-16(12)20-10-2-9-19-15-6-3-13(17)4-7-15/h3-8,11H,2,9-10,18H2,1H3. The zero-order valence-electron chi connectivity index (χ0n) is 11.4. The smallest absolute Gasteiger partial charge is 0.123 e. The van der Waals surface area contributed by atoms with Gasteiger partial charge in [-0.15, -0.1) is 11.8 Å². The van der Waals surface area contributed by atoms with Gasteiger partial charge >= 0.3 is 0 Å². The molecule has 2 aromatic rings. The van der Waals surface area contributed by atoms with Crippen molar-refractivity contribution in [1.82, 2.24) is 0 Å². The third-order valence-electron chi connectivity index (χ3n) is 2.83. The molecule has 2 rings (SSSR count). The highest BCUT2D eigenvalue weighted by Crippen LogP contribution is 2.24. The average Bonchev–Trinajstić information content (AvgIpc) is 2.42. The lowest BCUT2D eigenvalue weighted by Gasteiger charge is -2.08. The van der Waals surface area contributed by atoms with Crippen molar-refractivity contribution >= 4 is 17.4 Å². The number of anilines is 1. The van der Waals surface area contributed by atoms with Crippen LogP contribution >= 0.6 is 11.8 Å². The largest absolute Gasteiger partial charge is 0.494 e. The molecule has 0 spiro atoms. The van der Waals surface area contributed by atoms with Crippen molar-refractivity contribution in [3.8, 4) is 5.75 Å². The summed E-state index contributed by atoms with van der Waals surface area (Å²) in [7, 11) is 0. The molecule has 2 nitrogen and oxygen atoms in total. The van der Waals surface area contributed by atoms with Crippen molar-refractivity contribution in [2.24, 2.45) is 0 Å². The second-order valence-electron chi connectivity index (χ2n) is 4.53. The van der Waals surface area contributed by atoms with E-state index < -0.39 is 0 Å². The van der Waals surface area contributed by atoms with Crippen LogP contribution in [0.1, 0.15) is 12.0 Å². The summed E-state index contributed by atoms with van der Waals surface area (Å²) in [6.07, 6.45) is 0.936. The molecule has 0 aliphatic carbocycles. The Morgan fingerprint density at radius 3 is 2.60 bits per heavy atom. The predicted molar refractivity (Wildman–Crippen MR) is 82.8 cm³/mol. The second kappa shape index (κ2) is 7.20. The zero-order chi connectivity index (χ0) is 14.4. The molecule has 106 valence electrons. The number of thioether (sulfide) groups is 1. The van der Waals surface area contributed by atoms with E-state index in [1.165, 1.54) is 22.6 Å². The van der Waals surface area contributed by atoms with Gasteiger partial charge in [-0.2, -0.15) is 0 Å². The van der Waals surface area contributed by atoms with Crippen molar-refractivity contribution in [2.45, 2.75) is 18.2 Å². The van der Waals surface area contributed by atoms with E-state index >= 15 is 0 Å². The number of nitrogens with two attached hydrogens (primary N) is 1. The van der Waals surface area contributed by atoms with Gasteiger partial charge in [0.2, 0.25) is 0 Å². The Balaban J connectivity index is 1.70. The van der Waals surface area contributed by atoms with Gasteiger partial charge in [0, 0.05) is 16.3 Å². The third-order valence-corrected chi connectivity index (χ3v) is 4.09. The molecule has 0 saturated heterocycles. The molecular formula is C16H18FNOS. The summed E-state index contributed by atoms with van der Waals surface area (Å²) < 4.78 is 18.3. The highest BCUT2D eigenvalue weighted by atomic mass is 32.2. The number of rotatable bonds is 6. The monoisotopic (exact) mass is 291 g/mol. The van der Waals surface area contributed by atoms with E-state index in [1.807, 2.05) is 12.1 Å². The molecule has 0 heterocycles. The maximum absolute atomic E-state index is 12.7. The highest BCUT2D eigenvalue weighted by molar-refractivity contribution is 7.99. The number of aryl methyl sites for hydroxylation is 1. The van der Waals surface area contributed by atoms with Gasteiger partial charge in [0.25, 0.3) is 0 Å². The summed E-state index contributed by atoms with van der Waals surface area (Å²) in [5.74, 6) is 1.44. The molecule has 0 bridgehead atoms. The molecule has 0 radical (unpaired) electrons. The van der Waals surface area contributed by atoms with E-state index in [0.29, 0.717) is 12.4 Å². The first kappa shape index (κ1) is 14.7. The molecule has 0 aliphatic rings. The molecule has 0 amide bonds. The van der Waals surface area contributed by atoms with Gasteiger partial charge in [0.05, 0.1) is 6.61 Å². The van der Waals surface area contributed by atoms with Crippen LogP contribution in [-0.4, -0.2) is 12.4 Å². The van der Waals surface area contributed by atoms with Gasteiger partial charge in [-0.3, -0.25) is 0 Å². The molecule has 0 unspecified atom stereocenters. The summed E-state index contributed by atoms with van der Waals surface area (Å²) in [6, 6.07) is 12.1. The number of hydrogen-bond acceptors (Lipinski definition) is 3. The summed E-state index contributed by atoms with van der Waals surface area (Å²) in [5.41, 5.74) is 7.72. The SMILES string of the molecule is Cc1cc(N)ccc1SCCCOc1ccc(F)cc1. The molecule has 0 aliphatic heterocycles. The molecule has 0 atom stereocenters. The first-order chi connectivity index (χ1) is 9.65. The van der Waals surface area contributed by atoms with Gasteiger partial charge in [-0.05, 0) is 61.4 Å². The Bertz CT molecular complexity index is 557. The van der Waals surface area contributed by atoms with Gasteiger partial charge in [-0.25, -0.2) is 4.39 Å². The summed E-state index contributed by atoms with van der Waals surface area (Å²) >= 11 is 1.80. The molecule has 4 heteroatoms. The van der Waals surface area contributed by atoms with E-state index in [-0.39, 0.29) is 5.82 Å². The number of halogens is 1. The molecule has 2 aromatic carbocycles. The minimum absolute atomic E-state index is 0.244. The number of benzene rings is 2. The maximum atomic E-state index is 12.7. The number of nitrogen functional groups attached to an aromatic ring is 1. The molecule has 0 aromatic heterocycles. The van der Waals surface area contributed by atoms with Crippen molar-refractivity contribution < 1.29 is 9.13 Å². The van der Waals surface area contributed by atoms with Crippen molar-refractivity contribution in [3.05, 3.63) is 53.8 Å². The quantitative estimate of drug-likeness (QED) is 0.490. The van der Waals surface area contributed by atoms with Crippen LogP contribution in [0.2, 0.25) is 0 Å². The Hall–Kier alpha value is -1.68. The normalized spacial score (nSPS) is 10.5. The number of hydrogen-bond donors (Lipinski definition) is 1. The first-order valence-electron chi connectivity index (χ1n) is 6.52. The minimum Gasteiger partial charge on any atom is -0.494 e. The Labute approximate surface area is 123 Å². The molecule has 20 heavy (non-hydrogen) atoms. The lowest BCUT2D eigenvalue weighted by Crippen LogP contribution is -1.99. The zero-order valence-corrected chi connectivity index (χ0v) is 12.3. The summed E-state index contributed by atoms with van der Waals surface area (Å²) in [4.78, 5) is 1.25. The van der Waals surface area contributed by atoms with Crippen molar-refractivity contribution in [1.29, 1.82) is 0 Å². The van der Waals surface area contributed by atoms with Crippen LogP contribution in [0.3, 0.4) is 0 Å². The van der Waals surface area contributed by atoms with Crippen LogP contribution < -0.4 is 10.5 Å².